The number of hydrogen-bond donors (Lipinski definition) is 2. The third kappa shape index (κ3) is 5.06. The van der Waals surface area contributed by atoms with Crippen LogP contribution in [0.1, 0.15) is 12.0 Å². The standard InChI is InChI=1S/C16H15FN2O2/c17-13-8-6-12(7-9-13)11-18-15(20)10-16(21)19-14-4-2-1-3-5-14/h1-9H,10-11H2,(H,18,20)(H,19,21). The van der Waals surface area contributed by atoms with Gasteiger partial charge in [0.05, 0.1) is 0 Å². The van der Waals surface area contributed by atoms with E-state index in [0.29, 0.717) is 5.69 Å². The highest BCUT2D eigenvalue weighted by molar-refractivity contribution is 6.03. The summed E-state index contributed by atoms with van der Waals surface area (Å²) in [7, 11) is 0. The molecule has 0 aliphatic carbocycles. The average molecular weight is 286 g/mol. The van der Waals surface area contributed by atoms with Gasteiger partial charge in [0.15, 0.2) is 0 Å². The van der Waals surface area contributed by atoms with Crippen LogP contribution < -0.4 is 10.6 Å². The van der Waals surface area contributed by atoms with E-state index in [2.05, 4.69) is 10.6 Å². The van der Waals surface area contributed by atoms with Crippen molar-refractivity contribution < 1.29 is 14.0 Å². The van der Waals surface area contributed by atoms with Crippen LogP contribution >= 0.6 is 0 Å². The number of nitrogens with one attached hydrogen (secondary N) is 2. The van der Waals surface area contributed by atoms with Crippen molar-refractivity contribution >= 4 is 17.5 Å². The molecule has 108 valence electrons. The summed E-state index contributed by atoms with van der Waals surface area (Å²) in [5, 5.41) is 5.24. The van der Waals surface area contributed by atoms with E-state index in [9.17, 15) is 14.0 Å². The maximum absolute atomic E-state index is 12.7. The van der Waals surface area contributed by atoms with Gasteiger partial charge in [0, 0.05) is 12.2 Å². The number of carbonyl (C=O) groups excluding carboxylic acids is 2. The van der Waals surface area contributed by atoms with E-state index in [1.165, 1.54) is 12.1 Å². The lowest BCUT2D eigenvalue weighted by Crippen LogP contribution is -2.27. The number of hydrogen-bond acceptors (Lipinski definition) is 2. The van der Waals surface area contributed by atoms with E-state index < -0.39 is 0 Å². The quantitative estimate of drug-likeness (QED) is 0.830. The van der Waals surface area contributed by atoms with Crippen LogP contribution in [-0.4, -0.2) is 11.8 Å². The zero-order chi connectivity index (χ0) is 15.1. The first kappa shape index (κ1) is 14.7. The predicted octanol–water partition coefficient (Wildman–Crippen LogP) is 2.47. The number of anilines is 1. The minimum Gasteiger partial charge on any atom is -0.352 e. The summed E-state index contributed by atoms with van der Waals surface area (Å²) in [6, 6.07) is 14.7. The maximum atomic E-state index is 12.7. The molecule has 0 saturated carbocycles. The monoisotopic (exact) mass is 286 g/mol. The van der Waals surface area contributed by atoms with Crippen LogP contribution in [0.3, 0.4) is 0 Å². The van der Waals surface area contributed by atoms with Crippen LogP contribution in [0.25, 0.3) is 0 Å². The molecule has 0 fully saturated rings. The van der Waals surface area contributed by atoms with Crippen molar-refractivity contribution in [3.63, 3.8) is 0 Å². The Hall–Kier alpha value is -2.69. The van der Waals surface area contributed by atoms with Crippen LogP contribution in [0.5, 0.6) is 0 Å². The minimum atomic E-state index is -0.382. The lowest BCUT2D eigenvalue weighted by molar-refractivity contribution is -0.126. The van der Waals surface area contributed by atoms with Gasteiger partial charge >= 0.3 is 0 Å². The highest BCUT2D eigenvalue weighted by Gasteiger charge is 2.09. The molecule has 4 nitrogen and oxygen atoms in total. The van der Waals surface area contributed by atoms with Gasteiger partial charge in [0.2, 0.25) is 11.8 Å². The lowest BCUT2D eigenvalue weighted by Gasteiger charge is -2.06. The summed E-state index contributed by atoms with van der Waals surface area (Å²) in [4.78, 5) is 23.3. The molecule has 2 amide bonds. The van der Waals surface area contributed by atoms with Crippen LogP contribution in [0.4, 0.5) is 10.1 Å². The van der Waals surface area contributed by atoms with Crippen LogP contribution in [0, 0.1) is 5.82 Å². The number of benzene rings is 2. The second-order valence-electron chi connectivity index (χ2n) is 4.49. The van der Waals surface area contributed by atoms with Gasteiger partial charge in [-0.3, -0.25) is 9.59 Å². The Kier molecular flexibility index (Phi) is 5.04. The Bertz CT molecular complexity index is 612. The lowest BCUT2D eigenvalue weighted by atomic mass is 10.2. The summed E-state index contributed by atoms with van der Waals surface area (Å²) in [5.41, 5.74) is 1.42. The highest BCUT2D eigenvalue weighted by atomic mass is 19.1. The Morgan fingerprint density at radius 2 is 1.57 bits per heavy atom. The third-order valence-corrected chi connectivity index (χ3v) is 2.78. The zero-order valence-electron chi connectivity index (χ0n) is 11.3. The predicted molar refractivity (Wildman–Crippen MR) is 77.9 cm³/mol. The van der Waals surface area contributed by atoms with Crippen molar-refractivity contribution in [2.75, 3.05) is 5.32 Å². The summed E-state index contributed by atoms with van der Waals surface area (Å²) in [6.45, 7) is 0.262. The average Bonchev–Trinajstić information content (AvgIpc) is 2.47. The molecule has 2 aromatic rings. The van der Waals surface area contributed by atoms with Crippen LogP contribution in [0.2, 0.25) is 0 Å². The second kappa shape index (κ2) is 7.19. The maximum Gasteiger partial charge on any atom is 0.233 e. The van der Waals surface area contributed by atoms with Crippen LogP contribution in [0.15, 0.2) is 54.6 Å². The van der Waals surface area contributed by atoms with E-state index in [4.69, 9.17) is 0 Å². The molecule has 0 atom stereocenters. The SMILES string of the molecule is O=C(CC(=O)Nc1ccccc1)NCc1ccc(F)cc1. The molecule has 0 radical (unpaired) electrons. The first-order valence-electron chi connectivity index (χ1n) is 6.49. The molecule has 0 heterocycles. The number of amides is 2. The van der Waals surface area contributed by atoms with Crippen molar-refractivity contribution in [1.82, 2.24) is 5.32 Å². The van der Waals surface area contributed by atoms with Crippen molar-refractivity contribution in [2.24, 2.45) is 0 Å². The van der Waals surface area contributed by atoms with E-state index >= 15 is 0 Å². The smallest absolute Gasteiger partial charge is 0.233 e. The Balaban J connectivity index is 1.76. The fraction of sp³-hybridized carbons (Fsp3) is 0.125. The van der Waals surface area contributed by atoms with E-state index in [1.807, 2.05) is 6.07 Å². The summed E-state index contributed by atoms with van der Waals surface area (Å²) < 4.78 is 12.7. The largest absolute Gasteiger partial charge is 0.352 e. The van der Waals surface area contributed by atoms with Crippen LogP contribution in [-0.2, 0) is 16.1 Å². The van der Waals surface area contributed by atoms with Crippen molar-refractivity contribution in [1.29, 1.82) is 0 Å². The molecule has 0 aromatic heterocycles. The fourth-order valence-electron chi connectivity index (χ4n) is 1.74. The zero-order valence-corrected chi connectivity index (χ0v) is 11.3. The molecule has 0 spiro atoms. The molecule has 0 unspecified atom stereocenters. The van der Waals surface area contributed by atoms with Crippen molar-refractivity contribution in [3.8, 4) is 0 Å². The summed E-state index contributed by atoms with van der Waals surface area (Å²) >= 11 is 0. The van der Waals surface area contributed by atoms with E-state index in [-0.39, 0.29) is 30.6 Å². The summed E-state index contributed by atoms with van der Waals surface area (Å²) in [5.74, 6) is -1.09. The van der Waals surface area contributed by atoms with Gasteiger partial charge in [-0.05, 0) is 29.8 Å². The van der Waals surface area contributed by atoms with Gasteiger partial charge in [0.1, 0.15) is 12.2 Å². The number of para-hydroxylation sites is 1. The normalized spacial score (nSPS) is 9.95. The van der Waals surface area contributed by atoms with Gasteiger partial charge < -0.3 is 10.6 Å². The highest BCUT2D eigenvalue weighted by Crippen LogP contribution is 2.05. The Labute approximate surface area is 122 Å². The molecular weight excluding hydrogens is 271 g/mol. The third-order valence-electron chi connectivity index (χ3n) is 2.78. The molecule has 2 aromatic carbocycles. The van der Waals surface area contributed by atoms with Crippen molar-refractivity contribution in [2.45, 2.75) is 13.0 Å². The number of rotatable bonds is 5. The topological polar surface area (TPSA) is 58.2 Å². The number of halogens is 1. The number of carbonyl (C=O) groups is 2. The molecule has 2 rings (SSSR count). The Morgan fingerprint density at radius 1 is 0.905 bits per heavy atom. The molecular formula is C16H15FN2O2. The molecule has 5 heteroatoms. The fourth-order valence-corrected chi connectivity index (χ4v) is 1.74. The molecule has 0 saturated heterocycles. The Morgan fingerprint density at radius 3 is 2.24 bits per heavy atom. The first-order valence-corrected chi connectivity index (χ1v) is 6.49. The molecule has 0 aliphatic rings. The first-order chi connectivity index (χ1) is 10.1. The van der Waals surface area contributed by atoms with E-state index in [1.54, 1.807) is 36.4 Å². The molecule has 0 aliphatic heterocycles. The minimum absolute atomic E-state index is 0.254. The second-order valence-corrected chi connectivity index (χ2v) is 4.49. The molecule has 2 N–H and O–H groups in total. The van der Waals surface area contributed by atoms with Crippen molar-refractivity contribution in [3.05, 3.63) is 66.0 Å². The molecule has 0 bridgehead atoms. The van der Waals surface area contributed by atoms with E-state index in [0.717, 1.165) is 5.56 Å². The van der Waals surface area contributed by atoms with Gasteiger partial charge in [-0.25, -0.2) is 4.39 Å². The van der Waals surface area contributed by atoms with Gasteiger partial charge in [0.25, 0.3) is 0 Å². The van der Waals surface area contributed by atoms with Gasteiger partial charge in [-0.2, -0.15) is 0 Å². The van der Waals surface area contributed by atoms with Gasteiger partial charge in [-0.1, -0.05) is 30.3 Å². The van der Waals surface area contributed by atoms with Gasteiger partial charge in [-0.15, -0.1) is 0 Å². The summed E-state index contributed by atoms with van der Waals surface area (Å²) in [6.07, 6.45) is -0.254. The molecule has 21 heavy (non-hydrogen) atoms.